The van der Waals surface area contributed by atoms with Gasteiger partial charge in [0.2, 0.25) is 0 Å². The first-order valence-electron chi connectivity index (χ1n) is 18.6. The van der Waals surface area contributed by atoms with Gasteiger partial charge < -0.3 is 9.42 Å². The zero-order valence-corrected chi connectivity index (χ0v) is 30.0. The summed E-state index contributed by atoms with van der Waals surface area (Å²) in [6.07, 6.45) is 42.9. The Balaban J connectivity index is 0. The van der Waals surface area contributed by atoms with E-state index in [1.165, 1.54) is 180 Å². The predicted octanol–water partition coefficient (Wildman–Crippen LogP) is 13.7. The maximum absolute atomic E-state index is 12.3. The normalized spacial score (nSPS) is 12.9. The Morgan fingerprint density at radius 1 is 0.390 bits per heavy atom. The van der Waals surface area contributed by atoms with Gasteiger partial charge in [-0.1, -0.05) is 206 Å². The van der Waals surface area contributed by atoms with E-state index in [0.29, 0.717) is 12.8 Å². The molecular weight excluding hydrogens is 570 g/mol. The molecule has 0 heterocycles. The van der Waals surface area contributed by atoms with E-state index in [1.807, 2.05) is 0 Å². The average Bonchev–Trinajstić information content (AvgIpc) is 2.94. The molecular formula is C36H75CoO3P. The van der Waals surface area contributed by atoms with Crippen molar-refractivity contribution in [3.8, 4) is 0 Å². The minimum atomic E-state index is -3.37. The number of hydrogen-bond acceptors (Lipinski definition) is 2. The first-order chi connectivity index (χ1) is 19.6. The molecule has 0 aliphatic rings. The first-order valence-corrected chi connectivity index (χ1v) is 20.3. The van der Waals surface area contributed by atoms with Crippen LogP contribution < -0.4 is 0 Å². The van der Waals surface area contributed by atoms with Gasteiger partial charge in [-0.15, -0.1) is 0 Å². The Bertz CT molecular complexity index is 517. The van der Waals surface area contributed by atoms with Crippen molar-refractivity contribution in [2.75, 3.05) is 12.8 Å². The van der Waals surface area contributed by atoms with Crippen molar-refractivity contribution in [2.45, 2.75) is 219 Å². The van der Waals surface area contributed by atoms with Gasteiger partial charge in [0.25, 0.3) is 0 Å². The number of unbranched alkanes of at least 4 members (excludes halogenated alkanes) is 30. The monoisotopic (exact) mass is 645 g/mol. The van der Waals surface area contributed by atoms with Crippen LogP contribution in [0, 0.1) is 0 Å². The molecule has 1 atom stereocenters. The quantitative estimate of drug-likeness (QED) is 0.0551. The molecule has 251 valence electrons. The smallest absolute Gasteiger partial charge is 0.324 e. The van der Waals surface area contributed by atoms with Crippen LogP contribution in [0.25, 0.3) is 0 Å². The van der Waals surface area contributed by atoms with Crippen molar-refractivity contribution >= 4 is 7.60 Å². The van der Waals surface area contributed by atoms with Crippen LogP contribution in [0.1, 0.15) is 219 Å². The first kappa shape index (κ1) is 43.8. The standard InChI is InChI=1S/C36H75O3P.Co/c1-3-5-7-9-11-13-15-17-19-21-23-25-27-29-31-33-35-39-40(37,38)36-34-32-30-28-26-24-22-20-18-16-14-12-10-8-6-4-2;/h3-36H2,1-2H3,(H,37,38);. The Labute approximate surface area is 269 Å². The fraction of sp³-hybridized carbons (Fsp3) is 1.00. The summed E-state index contributed by atoms with van der Waals surface area (Å²) in [6, 6.07) is 0. The van der Waals surface area contributed by atoms with E-state index in [1.54, 1.807) is 0 Å². The predicted molar refractivity (Wildman–Crippen MR) is 180 cm³/mol. The zero-order valence-electron chi connectivity index (χ0n) is 28.1. The van der Waals surface area contributed by atoms with E-state index < -0.39 is 7.60 Å². The molecule has 5 heteroatoms. The SMILES string of the molecule is CCCCCCCCCCCCCCCCCCOP(=O)(O)CCCCCCCCCCCCCCCCCC.[Co]. The second kappa shape index (κ2) is 36.8. The topological polar surface area (TPSA) is 46.5 Å². The molecule has 1 unspecified atom stereocenters. The molecule has 0 saturated heterocycles. The van der Waals surface area contributed by atoms with Crippen LogP contribution in [0.4, 0.5) is 0 Å². The fourth-order valence-electron chi connectivity index (χ4n) is 5.78. The summed E-state index contributed by atoms with van der Waals surface area (Å²) >= 11 is 0. The second-order valence-corrected chi connectivity index (χ2v) is 14.8. The summed E-state index contributed by atoms with van der Waals surface area (Å²) in [5.74, 6) is 0. The van der Waals surface area contributed by atoms with E-state index in [-0.39, 0.29) is 16.8 Å². The summed E-state index contributed by atoms with van der Waals surface area (Å²) in [5, 5.41) is 0. The van der Waals surface area contributed by atoms with Gasteiger partial charge in [-0.25, -0.2) is 0 Å². The molecule has 0 aromatic carbocycles. The van der Waals surface area contributed by atoms with Crippen LogP contribution in [0.15, 0.2) is 0 Å². The molecule has 41 heavy (non-hydrogen) atoms. The van der Waals surface area contributed by atoms with E-state index in [4.69, 9.17) is 4.52 Å². The Kier molecular flexibility index (Phi) is 39.3. The van der Waals surface area contributed by atoms with Crippen LogP contribution in [0.2, 0.25) is 0 Å². The van der Waals surface area contributed by atoms with E-state index >= 15 is 0 Å². The summed E-state index contributed by atoms with van der Waals surface area (Å²) in [6.45, 7) is 5.02. The molecule has 0 aromatic rings. The van der Waals surface area contributed by atoms with Gasteiger partial charge in [-0.05, 0) is 12.8 Å². The fourth-order valence-corrected chi connectivity index (χ4v) is 6.95. The molecule has 0 rings (SSSR count). The van der Waals surface area contributed by atoms with Crippen LogP contribution in [-0.2, 0) is 25.9 Å². The minimum Gasteiger partial charge on any atom is -0.324 e. The Morgan fingerprint density at radius 2 is 0.610 bits per heavy atom. The third-order valence-electron chi connectivity index (χ3n) is 8.59. The molecule has 3 nitrogen and oxygen atoms in total. The molecule has 0 aromatic heterocycles. The minimum absolute atomic E-state index is 0. The maximum Gasteiger partial charge on any atom is 0.328 e. The molecule has 0 amide bonds. The van der Waals surface area contributed by atoms with Crippen molar-refractivity contribution in [3.05, 3.63) is 0 Å². The number of hydrogen-bond donors (Lipinski definition) is 1. The van der Waals surface area contributed by atoms with Crippen molar-refractivity contribution in [3.63, 3.8) is 0 Å². The van der Waals surface area contributed by atoms with Crippen LogP contribution >= 0.6 is 7.60 Å². The van der Waals surface area contributed by atoms with Gasteiger partial charge >= 0.3 is 7.60 Å². The molecule has 0 fully saturated rings. The number of rotatable bonds is 35. The van der Waals surface area contributed by atoms with Crippen LogP contribution in [0.3, 0.4) is 0 Å². The van der Waals surface area contributed by atoms with Gasteiger partial charge in [0, 0.05) is 22.9 Å². The van der Waals surface area contributed by atoms with Crippen LogP contribution in [-0.4, -0.2) is 17.7 Å². The van der Waals surface area contributed by atoms with Gasteiger partial charge in [0.1, 0.15) is 0 Å². The van der Waals surface area contributed by atoms with Gasteiger partial charge in [-0.3, -0.25) is 4.57 Å². The van der Waals surface area contributed by atoms with Crippen molar-refractivity contribution in [2.24, 2.45) is 0 Å². The molecule has 1 radical (unpaired) electrons. The largest absolute Gasteiger partial charge is 0.328 e. The summed E-state index contributed by atoms with van der Waals surface area (Å²) in [4.78, 5) is 10.1. The van der Waals surface area contributed by atoms with E-state index in [2.05, 4.69) is 13.8 Å². The van der Waals surface area contributed by atoms with Crippen molar-refractivity contribution in [1.29, 1.82) is 0 Å². The summed E-state index contributed by atoms with van der Waals surface area (Å²) in [5.41, 5.74) is 0. The molecule has 0 aliphatic carbocycles. The third-order valence-corrected chi connectivity index (χ3v) is 10.1. The van der Waals surface area contributed by atoms with E-state index in [9.17, 15) is 9.46 Å². The molecule has 1 N–H and O–H groups in total. The van der Waals surface area contributed by atoms with Gasteiger partial charge in [0.15, 0.2) is 0 Å². The Hall–Kier alpha value is 0.656. The maximum atomic E-state index is 12.3. The summed E-state index contributed by atoms with van der Waals surface area (Å²) in [7, 11) is -3.37. The zero-order chi connectivity index (χ0) is 29.2. The van der Waals surface area contributed by atoms with Crippen molar-refractivity contribution < 1.29 is 30.8 Å². The molecule has 0 aliphatic heterocycles. The van der Waals surface area contributed by atoms with E-state index in [0.717, 1.165) is 25.7 Å². The second-order valence-electron chi connectivity index (χ2n) is 12.8. The van der Waals surface area contributed by atoms with Gasteiger partial charge in [-0.2, -0.15) is 0 Å². The molecule has 0 saturated carbocycles. The summed E-state index contributed by atoms with van der Waals surface area (Å²) < 4.78 is 17.6. The Morgan fingerprint density at radius 3 is 0.878 bits per heavy atom. The van der Waals surface area contributed by atoms with Gasteiger partial charge in [0.05, 0.1) is 6.61 Å². The molecule has 0 spiro atoms. The molecule has 0 bridgehead atoms. The van der Waals surface area contributed by atoms with Crippen LogP contribution in [0.5, 0.6) is 0 Å². The van der Waals surface area contributed by atoms with Crippen molar-refractivity contribution in [1.82, 2.24) is 0 Å². The third kappa shape index (κ3) is 38.6. The average molecular weight is 646 g/mol.